The fourth-order valence-electron chi connectivity index (χ4n) is 1.76. The smallest absolute Gasteiger partial charge is 0.201 e. The maximum absolute atomic E-state index is 12.0. The average molecular weight is 309 g/mol. The molecule has 104 valence electrons. The Balaban J connectivity index is 2.02. The van der Waals surface area contributed by atoms with Crippen LogP contribution in [0.2, 0.25) is 10.0 Å². The highest BCUT2D eigenvalue weighted by Crippen LogP contribution is 2.21. The number of hydrogen-bond donors (Lipinski definition) is 0. The minimum atomic E-state index is -0.197. The van der Waals surface area contributed by atoms with Crippen LogP contribution in [0.4, 0.5) is 0 Å². The van der Waals surface area contributed by atoms with Crippen LogP contribution in [0, 0.1) is 0 Å². The van der Waals surface area contributed by atoms with Gasteiger partial charge in [-0.1, -0.05) is 42.3 Å². The van der Waals surface area contributed by atoms with Gasteiger partial charge in [0.1, 0.15) is 5.75 Å². The number of halogens is 2. The summed E-state index contributed by atoms with van der Waals surface area (Å²) in [6, 6.07) is 12.5. The van der Waals surface area contributed by atoms with Crippen molar-refractivity contribution in [3.05, 3.63) is 63.6 Å². The number of carbonyl (C=O) groups excluding carboxylic acids is 1. The molecule has 2 rings (SSSR count). The van der Waals surface area contributed by atoms with Crippen molar-refractivity contribution >= 4 is 29.0 Å². The van der Waals surface area contributed by atoms with Gasteiger partial charge >= 0.3 is 0 Å². The number of Topliss-reactive ketones (excluding diaryl/α,β-unsaturated/α-hetero) is 1. The molecule has 0 aromatic heterocycles. The molecule has 20 heavy (non-hydrogen) atoms. The van der Waals surface area contributed by atoms with Crippen LogP contribution in [0.1, 0.15) is 22.8 Å². The highest BCUT2D eigenvalue weighted by atomic mass is 35.5. The van der Waals surface area contributed by atoms with Crippen molar-refractivity contribution in [2.45, 2.75) is 13.3 Å². The van der Waals surface area contributed by atoms with Gasteiger partial charge in [-0.25, -0.2) is 0 Å². The number of rotatable bonds is 5. The third-order valence-corrected chi connectivity index (χ3v) is 3.50. The summed E-state index contributed by atoms with van der Waals surface area (Å²) in [6.45, 7) is 2.02. The van der Waals surface area contributed by atoms with Crippen LogP contribution in [0.5, 0.6) is 5.75 Å². The quantitative estimate of drug-likeness (QED) is 0.740. The minimum Gasteiger partial charge on any atom is -0.485 e. The van der Waals surface area contributed by atoms with Gasteiger partial charge < -0.3 is 4.74 Å². The van der Waals surface area contributed by atoms with Crippen LogP contribution < -0.4 is 4.74 Å². The lowest BCUT2D eigenvalue weighted by Crippen LogP contribution is -2.12. The first-order valence-electron chi connectivity index (χ1n) is 6.30. The molecule has 0 bridgehead atoms. The molecule has 2 aromatic rings. The van der Waals surface area contributed by atoms with Crippen molar-refractivity contribution in [3.8, 4) is 5.75 Å². The van der Waals surface area contributed by atoms with E-state index >= 15 is 0 Å². The predicted molar refractivity (Wildman–Crippen MR) is 82.1 cm³/mol. The molecule has 0 heterocycles. The van der Waals surface area contributed by atoms with Crippen LogP contribution >= 0.6 is 23.2 Å². The molecular formula is C16H14Cl2O2. The molecule has 0 aliphatic heterocycles. The minimum absolute atomic E-state index is 0.0640. The van der Waals surface area contributed by atoms with Gasteiger partial charge in [-0.15, -0.1) is 0 Å². The van der Waals surface area contributed by atoms with Gasteiger partial charge in [-0.05, 0) is 42.3 Å². The van der Waals surface area contributed by atoms with Gasteiger partial charge in [0.2, 0.25) is 5.78 Å². The Morgan fingerprint density at radius 3 is 2.45 bits per heavy atom. The van der Waals surface area contributed by atoms with Crippen LogP contribution in [0.25, 0.3) is 0 Å². The monoisotopic (exact) mass is 308 g/mol. The SMILES string of the molecule is CCc1ccc(OCC(=O)c2cc(Cl)ccc2Cl)cc1. The summed E-state index contributed by atoms with van der Waals surface area (Å²) >= 11 is 11.8. The van der Waals surface area contributed by atoms with E-state index in [0.29, 0.717) is 21.4 Å². The van der Waals surface area contributed by atoms with E-state index < -0.39 is 0 Å². The van der Waals surface area contributed by atoms with Crippen molar-refractivity contribution in [2.75, 3.05) is 6.61 Å². The molecule has 0 amide bonds. The third kappa shape index (κ3) is 3.75. The third-order valence-electron chi connectivity index (χ3n) is 2.93. The zero-order chi connectivity index (χ0) is 14.5. The Morgan fingerprint density at radius 1 is 1.10 bits per heavy atom. The maximum atomic E-state index is 12.0. The van der Waals surface area contributed by atoms with Crippen molar-refractivity contribution in [3.63, 3.8) is 0 Å². The molecule has 0 saturated carbocycles. The van der Waals surface area contributed by atoms with E-state index in [1.54, 1.807) is 18.2 Å². The van der Waals surface area contributed by atoms with Crippen molar-refractivity contribution < 1.29 is 9.53 Å². The predicted octanol–water partition coefficient (Wildman–Crippen LogP) is 4.82. The number of benzene rings is 2. The number of carbonyl (C=O) groups is 1. The number of ketones is 1. The molecule has 0 unspecified atom stereocenters. The molecule has 0 saturated heterocycles. The van der Waals surface area contributed by atoms with E-state index in [4.69, 9.17) is 27.9 Å². The van der Waals surface area contributed by atoms with Gasteiger partial charge in [0.25, 0.3) is 0 Å². The van der Waals surface area contributed by atoms with E-state index in [9.17, 15) is 4.79 Å². The molecular weight excluding hydrogens is 295 g/mol. The average Bonchev–Trinajstić information content (AvgIpc) is 2.47. The highest BCUT2D eigenvalue weighted by Gasteiger charge is 2.11. The molecule has 0 radical (unpaired) electrons. The lowest BCUT2D eigenvalue weighted by atomic mass is 10.1. The van der Waals surface area contributed by atoms with Crippen LogP contribution in [0.3, 0.4) is 0 Å². The Kier molecular flexibility index (Phi) is 5.05. The molecule has 2 aromatic carbocycles. The molecule has 0 aliphatic carbocycles. The fraction of sp³-hybridized carbons (Fsp3) is 0.188. The molecule has 2 nitrogen and oxygen atoms in total. The van der Waals surface area contributed by atoms with Gasteiger partial charge in [0.05, 0.1) is 5.02 Å². The standard InChI is InChI=1S/C16H14Cl2O2/c1-2-11-3-6-13(7-4-11)20-10-16(19)14-9-12(17)5-8-15(14)18/h3-9H,2,10H2,1H3. The van der Waals surface area contributed by atoms with E-state index in [-0.39, 0.29) is 12.4 Å². The summed E-state index contributed by atoms with van der Waals surface area (Å²) < 4.78 is 5.47. The van der Waals surface area contributed by atoms with Gasteiger partial charge in [0.15, 0.2) is 6.61 Å². The highest BCUT2D eigenvalue weighted by molar-refractivity contribution is 6.35. The lowest BCUT2D eigenvalue weighted by Gasteiger charge is -2.07. The number of ether oxygens (including phenoxy) is 1. The number of aryl methyl sites for hydroxylation is 1. The Morgan fingerprint density at radius 2 is 1.80 bits per heavy atom. The van der Waals surface area contributed by atoms with Crippen LogP contribution in [0.15, 0.2) is 42.5 Å². The zero-order valence-electron chi connectivity index (χ0n) is 11.0. The number of hydrogen-bond acceptors (Lipinski definition) is 2. The Labute approximate surface area is 128 Å². The summed E-state index contributed by atoms with van der Waals surface area (Å²) in [5, 5.41) is 0.856. The second-order valence-corrected chi connectivity index (χ2v) is 5.18. The summed E-state index contributed by atoms with van der Waals surface area (Å²) in [5.74, 6) is 0.464. The van der Waals surface area contributed by atoms with Gasteiger partial charge in [-0.3, -0.25) is 4.79 Å². The van der Waals surface area contributed by atoms with E-state index in [1.807, 2.05) is 24.3 Å². The van der Waals surface area contributed by atoms with E-state index in [0.717, 1.165) is 6.42 Å². The molecule has 4 heteroatoms. The largest absolute Gasteiger partial charge is 0.485 e. The fourth-order valence-corrected chi connectivity index (χ4v) is 2.15. The lowest BCUT2D eigenvalue weighted by molar-refractivity contribution is 0.0921. The zero-order valence-corrected chi connectivity index (χ0v) is 12.5. The van der Waals surface area contributed by atoms with Crippen LogP contribution in [-0.2, 0) is 6.42 Å². The molecule has 0 fully saturated rings. The van der Waals surface area contributed by atoms with Crippen molar-refractivity contribution in [2.24, 2.45) is 0 Å². The summed E-state index contributed by atoms with van der Waals surface area (Å²) in [6.07, 6.45) is 0.970. The maximum Gasteiger partial charge on any atom is 0.201 e. The van der Waals surface area contributed by atoms with Gasteiger partial charge in [-0.2, -0.15) is 0 Å². The summed E-state index contributed by atoms with van der Waals surface area (Å²) in [5.41, 5.74) is 1.60. The summed E-state index contributed by atoms with van der Waals surface area (Å²) in [7, 11) is 0. The Bertz CT molecular complexity index is 606. The second-order valence-electron chi connectivity index (χ2n) is 4.33. The first-order chi connectivity index (χ1) is 9.60. The van der Waals surface area contributed by atoms with E-state index in [2.05, 4.69) is 6.92 Å². The molecule has 0 atom stereocenters. The molecule has 0 spiro atoms. The van der Waals surface area contributed by atoms with E-state index in [1.165, 1.54) is 5.56 Å². The normalized spacial score (nSPS) is 10.3. The Hall–Kier alpha value is -1.51. The van der Waals surface area contributed by atoms with Gasteiger partial charge in [0, 0.05) is 10.6 Å². The summed E-state index contributed by atoms with van der Waals surface area (Å²) in [4.78, 5) is 12.0. The van der Waals surface area contributed by atoms with Crippen LogP contribution in [-0.4, -0.2) is 12.4 Å². The molecule has 0 N–H and O–H groups in total. The first kappa shape index (κ1) is 14.9. The van der Waals surface area contributed by atoms with Crippen molar-refractivity contribution in [1.29, 1.82) is 0 Å². The topological polar surface area (TPSA) is 26.3 Å². The molecule has 0 aliphatic rings. The van der Waals surface area contributed by atoms with Crippen molar-refractivity contribution in [1.82, 2.24) is 0 Å². The second kappa shape index (κ2) is 6.78. The first-order valence-corrected chi connectivity index (χ1v) is 7.05.